The van der Waals surface area contributed by atoms with Gasteiger partial charge in [-0.05, 0) is 42.5 Å². The number of carbonyl (C=O) groups excluding carboxylic acids is 1. The quantitative estimate of drug-likeness (QED) is 0.800. The van der Waals surface area contributed by atoms with Gasteiger partial charge in [0.2, 0.25) is 5.91 Å². The second-order valence-corrected chi connectivity index (χ2v) is 6.22. The summed E-state index contributed by atoms with van der Waals surface area (Å²) >= 11 is 4.55. The Labute approximate surface area is 134 Å². The first kappa shape index (κ1) is 16.0. The number of hydrogen-bond acceptors (Lipinski definition) is 2. The Morgan fingerprint density at radius 1 is 1.14 bits per heavy atom. The number of hydrogen-bond donors (Lipinski definition) is 1. The predicted molar refractivity (Wildman–Crippen MR) is 83.1 cm³/mol. The molecular weight excluding hydrogens is 360 g/mol. The number of benzene rings is 2. The van der Waals surface area contributed by atoms with Crippen LogP contribution in [0.3, 0.4) is 0 Å². The Hall–Kier alpha value is -1.40. The first-order valence-electron chi connectivity index (χ1n) is 6.13. The molecule has 0 saturated carbocycles. The minimum atomic E-state index is -0.357. The lowest BCUT2D eigenvalue weighted by molar-refractivity contribution is -0.118. The normalized spacial score (nSPS) is 10.4. The molecule has 0 aliphatic carbocycles. The molecule has 0 atom stereocenters. The van der Waals surface area contributed by atoms with E-state index in [9.17, 15) is 13.6 Å². The van der Waals surface area contributed by atoms with Crippen molar-refractivity contribution in [1.29, 1.82) is 0 Å². The van der Waals surface area contributed by atoms with Crippen LogP contribution in [-0.4, -0.2) is 11.7 Å². The molecule has 0 fully saturated rings. The number of thioether (sulfide) groups is 1. The summed E-state index contributed by atoms with van der Waals surface area (Å²) in [6.07, 6.45) is 0. The highest BCUT2D eigenvalue weighted by Gasteiger charge is 2.06. The molecule has 2 rings (SSSR count). The Kier molecular flexibility index (Phi) is 5.76. The second-order valence-electron chi connectivity index (χ2n) is 4.26. The van der Waals surface area contributed by atoms with Crippen LogP contribution in [0.1, 0.15) is 5.56 Å². The van der Waals surface area contributed by atoms with Crippen molar-refractivity contribution >= 4 is 33.6 Å². The summed E-state index contributed by atoms with van der Waals surface area (Å²) in [7, 11) is 0. The van der Waals surface area contributed by atoms with Crippen molar-refractivity contribution in [3.63, 3.8) is 0 Å². The molecule has 0 heterocycles. The molecule has 0 unspecified atom stereocenters. The Morgan fingerprint density at radius 3 is 2.57 bits per heavy atom. The number of amides is 1. The van der Waals surface area contributed by atoms with Crippen molar-refractivity contribution in [3.8, 4) is 0 Å². The zero-order chi connectivity index (χ0) is 15.2. The molecule has 0 spiro atoms. The average Bonchev–Trinajstić information content (AvgIpc) is 2.47. The fraction of sp³-hybridized carbons (Fsp3) is 0.133. The van der Waals surface area contributed by atoms with Gasteiger partial charge in [-0.15, -0.1) is 11.8 Å². The van der Waals surface area contributed by atoms with E-state index in [1.54, 1.807) is 24.3 Å². The van der Waals surface area contributed by atoms with Crippen LogP contribution in [0.25, 0.3) is 0 Å². The molecule has 1 amide bonds. The standard InChI is InChI=1S/C15H12BrF2NOS/c16-11-1-6-14(18)10(7-11)8-19-15(20)9-21-13-4-2-12(17)3-5-13/h1-7H,8-9H2,(H,19,20). The molecule has 0 aliphatic heterocycles. The van der Waals surface area contributed by atoms with Gasteiger partial charge in [0.25, 0.3) is 0 Å². The monoisotopic (exact) mass is 371 g/mol. The fourth-order valence-electron chi connectivity index (χ4n) is 1.60. The lowest BCUT2D eigenvalue weighted by Gasteiger charge is -2.07. The third-order valence-electron chi connectivity index (χ3n) is 2.67. The highest BCUT2D eigenvalue weighted by atomic mass is 79.9. The van der Waals surface area contributed by atoms with E-state index in [0.717, 1.165) is 9.37 Å². The first-order valence-corrected chi connectivity index (χ1v) is 7.91. The van der Waals surface area contributed by atoms with Crippen molar-refractivity contribution in [2.75, 3.05) is 5.75 Å². The molecule has 2 nitrogen and oxygen atoms in total. The topological polar surface area (TPSA) is 29.1 Å². The van der Waals surface area contributed by atoms with Crippen molar-refractivity contribution < 1.29 is 13.6 Å². The van der Waals surface area contributed by atoms with Crippen LogP contribution in [0.4, 0.5) is 8.78 Å². The second kappa shape index (κ2) is 7.56. The minimum absolute atomic E-state index is 0.133. The highest BCUT2D eigenvalue weighted by molar-refractivity contribution is 9.10. The van der Waals surface area contributed by atoms with Gasteiger partial charge in [-0.2, -0.15) is 0 Å². The molecule has 0 aliphatic rings. The molecule has 110 valence electrons. The SMILES string of the molecule is O=C(CSc1ccc(F)cc1)NCc1cc(Br)ccc1F. The molecule has 0 saturated heterocycles. The van der Waals surface area contributed by atoms with Gasteiger partial charge in [-0.1, -0.05) is 15.9 Å². The van der Waals surface area contributed by atoms with Crippen molar-refractivity contribution in [2.24, 2.45) is 0 Å². The summed E-state index contributed by atoms with van der Waals surface area (Å²) in [6.45, 7) is 0.133. The van der Waals surface area contributed by atoms with E-state index in [2.05, 4.69) is 21.2 Å². The van der Waals surface area contributed by atoms with Gasteiger partial charge in [0.05, 0.1) is 5.75 Å². The molecule has 0 bridgehead atoms. The maximum Gasteiger partial charge on any atom is 0.230 e. The third kappa shape index (κ3) is 5.13. The van der Waals surface area contributed by atoms with Crippen LogP contribution in [0.15, 0.2) is 51.8 Å². The van der Waals surface area contributed by atoms with E-state index in [0.29, 0.717) is 5.56 Å². The van der Waals surface area contributed by atoms with Gasteiger partial charge in [0, 0.05) is 21.5 Å². The van der Waals surface area contributed by atoms with Gasteiger partial charge in [-0.25, -0.2) is 8.78 Å². The highest BCUT2D eigenvalue weighted by Crippen LogP contribution is 2.18. The molecule has 2 aromatic rings. The summed E-state index contributed by atoms with van der Waals surface area (Å²) < 4.78 is 27.0. The molecule has 21 heavy (non-hydrogen) atoms. The maximum absolute atomic E-state index is 13.5. The Morgan fingerprint density at radius 2 is 1.86 bits per heavy atom. The molecule has 0 aromatic heterocycles. The number of nitrogens with one attached hydrogen (secondary N) is 1. The third-order valence-corrected chi connectivity index (χ3v) is 4.17. The summed E-state index contributed by atoms with van der Waals surface area (Å²) in [5, 5.41) is 2.65. The van der Waals surface area contributed by atoms with Crippen molar-refractivity contribution in [3.05, 3.63) is 64.1 Å². The van der Waals surface area contributed by atoms with E-state index in [1.807, 2.05) is 0 Å². The van der Waals surface area contributed by atoms with Crippen molar-refractivity contribution in [2.45, 2.75) is 11.4 Å². The molecular formula is C15H12BrF2NOS. The number of halogens is 3. The summed E-state index contributed by atoms with van der Waals surface area (Å²) in [5.74, 6) is -0.677. The van der Waals surface area contributed by atoms with Gasteiger partial charge in [-0.3, -0.25) is 4.79 Å². The van der Waals surface area contributed by atoms with E-state index in [4.69, 9.17) is 0 Å². The number of rotatable bonds is 5. The Bertz CT molecular complexity index is 634. The molecule has 6 heteroatoms. The van der Waals surface area contributed by atoms with Crippen LogP contribution in [0.2, 0.25) is 0 Å². The van der Waals surface area contributed by atoms with Crippen LogP contribution < -0.4 is 5.32 Å². The largest absolute Gasteiger partial charge is 0.351 e. The van der Waals surface area contributed by atoms with Gasteiger partial charge < -0.3 is 5.32 Å². The minimum Gasteiger partial charge on any atom is -0.351 e. The summed E-state index contributed by atoms with van der Waals surface area (Å²) in [5.41, 5.74) is 0.421. The summed E-state index contributed by atoms with van der Waals surface area (Å²) in [4.78, 5) is 12.5. The van der Waals surface area contributed by atoms with E-state index in [1.165, 1.54) is 30.0 Å². The zero-order valence-electron chi connectivity index (χ0n) is 10.9. The van der Waals surface area contributed by atoms with Gasteiger partial charge in [0.15, 0.2) is 0 Å². The summed E-state index contributed by atoms with van der Waals surface area (Å²) in [6, 6.07) is 10.5. The molecule has 1 N–H and O–H groups in total. The predicted octanol–water partition coefficient (Wildman–Crippen LogP) is 4.14. The van der Waals surface area contributed by atoms with E-state index in [-0.39, 0.29) is 29.8 Å². The average molecular weight is 372 g/mol. The van der Waals surface area contributed by atoms with E-state index < -0.39 is 0 Å². The fourth-order valence-corrected chi connectivity index (χ4v) is 2.74. The van der Waals surface area contributed by atoms with Crippen LogP contribution in [0, 0.1) is 11.6 Å². The zero-order valence-corrected chi connectivity index (χ0v) is 13.3. The van der Waals surface area contributed by atoms with Crippen LogP contribution >= 0.6 is 27.7 Å². The van der Waals surface area contributed by atoms with Crippen LogP contribution in [0.5, 0.6) is 0 Å². The lowest BCUT2D eigenvalue weighted by Crippen LogP contribution is -2.25. The number of carbonyl (C=O) groups is 1. The van der Waals surface area contributed by atoms with Gasteiger partial charge >= 0.3 is 0 Å². The van der Waals surface area contributed by atoms with Crippen LogP contribution in [-0.2, 0) is 11.3 Å². The molecule has 0 radical (unpaired) electrons. The van der Waals surface area contributed by atoms with Gasteiger partial charge in [0.1, 0.15) is 11.6 Å². The molecule has 2 aromatic carbocycles. The maximum atomic E-state index is 13.5. The van der Waals surface area contributed by atoms with Crippen molar-refractivity contribution in [1.82, 2.24) is 5.32 Å². The smallest absolute Gasteiger partial charge is 0.230 e. The first-order chi connectivity index (χ1) is 10.0. The Balaban J connectivity index is 1.82. The lowest BCUT2D eigenvalue weighted by atomic mass is 10.2. The van der Waals surface area contributed by atoms with E-state index >= 15 is 0 Å².